The second kappa shape index (κ2) is 8.56. The van der Waals surface area contributed by atoms with Gasteiger partial charge >= 0.3 is 0 Å². The zero-order valence-corrected chi connectivity index (χ0v) is 17.1. The fourth-order valence-electron chi connectivity index (χ4n) is 3.35. The number of nitrogens with one attached hydrogen (secondary N) is 2. The van der Waals surface area contributed by atoms with E-state index in [4.69, 9.17) is 4.98 Å². The smallest absolute Gasteiger partial charge is 0.254 e. The third-order valence-electron chi connectivity index (χ3n) is 5.30. The van der Waals surface area contributed by atoms with Crippen LogP contribution >= 0.6 is 0 Å². The normalized spacial score (nSPS) is 17.9. The third-order valence-corrected chi connectivity index (χ3v) is 7.25. The Hall–Kier alpha value is -1.67. The molecule has 0 saturated heterocycles. The zero-order chi connectivity index (χ0) is 19.4. The molecule has 1 aromatic heterocycles. The highest BCUT2D eigenvalue weighted by Crippen LogP contribution is 2.30. The summed E-state index contributed by atoms with van der Waals surface area (Å²) >= 11 is 0. The van der Waals surface area contributed by atoms with Crippen molar-refractivity contribution < 1.29 is 13.2 Å². The van der Waals surface area contributed by atoms with Crippen molar-refractivity contribution in [3.05, 3.63) is 22.9 Å². The predicted octanol–water partition coefficient (Wildman–Crippen LogP) is 1.79. The lowest BCUT2D eigenvalue weighted by atomic mass is 10.1. The summed E-state index contributed by atoms with van der Waals surface area (Å²) in [5.74, 6) is 1.32. The maximum Gasteiger partial charge on any atom is 0.254 e. The number of amides is 1. The number of pyridine rings is 1. The number of sulfonamides is 1. The zero-order valence-electron chi connectivity index (χ0n) is 16.3. The van der Waals surface area contributed by atoms with Gasteiger partial charge in [0.25, 0.3) is 5.91 Å². The summed E-state index contributed by atoms with van der Waals surface area (Å²) in [4.78, 5) is 17.0. The highest BCUT2D eigenvalue weighted by molar-refractivity contribution is 7.89. The summed E-state index contributed by atoms with van der Waals surface area (Å²) in [6, 6.07) is 1.89. The van der Waals surface area contributed by atoms with Gasteiger partial charge in [0, 0.05) is 38.8 Å². The number of hydrogen-bond acceptors (Lipinski definition) is 5. The van der Waals surface area contributed by atoms with Crippen LogP contribution < -0.4 is 10.6 Å². The first-order valence-corrected chi connectivity index (χ1v) is 11.5. The summed E-state index contributed by atoms with van der Waals surface area (Å²) in [7, 11) is -1.62. The van der Waals surface area contributed by atoms with Crippen molar-refractivity contribution in [1.82, 2.24) is 14.6 Å². The van der Waals surface area contributed by atoms with Crippen LogP contribution in [0.4, 0.5) is 5.82 Å². The number of unbranched alkanes of at least 4 members (excludes halogenated alkanes) is 1. The van der Waals surface area contributed by atoms with Crippen molar-refractivity contribution in [2.75, 3.05) is 37.8 Å². The van der Waals surface area contributed by atoms with Crippen LogP contribution in [0.25, 0.3) is 0 Å². The fraction of sp³-hybridized carbons (Fsp3) is 0.684. The maximum absolute atomic E-state index is 12.6. The average molecular weight is 395 g/mol. The lowest BCUT2D eigenvalue weighted by Gasteiger charge is -2.19. The molecule has 3 rings (SSSR count). The Morgan fingerprint density at radius 3 is 2.70 bits per heavy atom. The number of carbonyl (C=O) groups excluding carboxylic acids is 1. The van der Waals surface area contributed by atoms with E-state index in [0.29, 0.717) is 49.7 Å². The Bertz CT molecular complexity index is 790. The molecule has 1 aromatic rings. The molecule has 0 spiro atoms. The second-order valence-electron chi connectivity index (χ2n) is 7.46. The first-order chi connectivity index (χ1) is 12.9. The Morgan fingerprint density at radius 1 is 1.30 bits per heavy atom. The molecule has 0 aromatic carbocycles. The molecule has 0 radical (unpaired) electrons. The lowest BCUT2D eigenvalue weighted by Crippen LogP contribution is -2.35. The van der Waals surface area contributed by atoms with Gasteiger partial charge in [-0.05, 0) is 43.2 Å². The fourth-order valence-corrected chi connectivity index (χ4v) is 5.00. The summed E-state index contributed by atoms with van der Waals surface area (Å²) in [5, 5.41) is 6.00. The van der Waals surface area contributed by atoms with E-state index >= 15 is 0 Å². The largest absolute Gasteiger partial charge is 0.369 e. The first-order valence-electron chi connectivity index (χ1n) is 9.91. The third kappa shape index (κ3) is 4.99. The molecule has 7 nitrogen and oxygen atoms in total. The SMILES string of the molecule is CCCCS(=O)(=O)N1CCc2cc(C(=O)NC)c(NCC3CC3)nc2CC1. The van der Waals surface area contributed by atoms with Crippen LogP contribution in [0.1, 0.15) is 54.2 Å². The molecular weight excluding hydrogens is 364 g/mol. The monoisotopic (exact) mass is 394 g/mol. The Balaban J connectivity index is 1.81. The van der Waals surface area contributed by atoms with E-state index in [1.165, 1.54) is 12.8 Å². The summed E-state index contributed by atoms with van der Waals surface area (Å²) < 4.78 is 26.7. The minimum Gasteiger partial charge on any atom is -0.369 e. The topological polar surface area (TPSA) is 91.4 Å². The molecule has 1 fully saturated rings. The Kier molecular flexibility index (Phi) is 6.37. The predicted molar refractivity (Wildman–Crippen MR) is 107 cm³/mol. The van der Waals surface area contributed by atoms with Gasteiger partial charge in [0.2, 0.25) is 10.0 Å². The van der Waals surface area contributed by atoms with E-state index in [2.05, 4.69) is 10.6 Å². The van der Waals surface area contributed by atoms with Crippen LogP contribution in [0.3, 0.4) is 0 Å². The standard InChI is InChI=1S/C19H30N4O3S/c1-3-4-11-27(25,26)23-9-7-15-12-16(19(24)20-2)18(21-13-14-5-6-14)22-17(15)8-10-23/h12,14H,3-11,13H2,1-2H3,(H,20,24)(H,21,22). The van der Waals surface area contributed by atoms with E-state index in [-0.39, 0.29) is 11.7 Å². The minimum atomic E-state index is -3.23. The van der Waals surface area contributed by atoms with Crippen LogP contribution in [0.2, 0.25) is 0 Å². The minimum absolute atomic E-state index is 0.166. The number of aromatic nitrogens is 1. The van der Waals surface area contributed by atoms with Crippen molar-refractivity contribution >= 4 is 21.7 Å². The van der Waals surface area contributed by atoms with E-state index in [1.807, 2.05) is 13.0 Å². The van der Waals surface area contributed by atoms with Gasteiger partial charge in [-0.25, -0.2) is 17.7 Å². The van der Waals surface area contributed by atoms with Crippen LogP contribution in [-0.2, 0) is 22.9 Å². The van der Waals surface area contributed by atoms with E-state index in [0.717, 1.165) is 24.2 Å². The quantitative estimate of drug-likeness (QED) is 0.701. The van der Waals surface area contributed by atoms with Gasteiger partial charge in [0.15, 0.2) is 0 Å². The highest BCUT2D eigenvalue weighted by Gasteiger charge is 2.27. The lowest BCUT2D eigenvalue weighted by molar-refractivity contribution is 0.0963. The molecule has 1 saturated carbocycles. The molecule has 0 bridgehead atoms. The van der Waals surface area contributed by atoms with Gasteiger partial charge < -0.3 is 10.6 Å². The van der Waals surface area contributed by atoms with Crippen LogP contribution in [0, 0.1) is 5.92 Å². The van der Waals surface area contributed by atoms with Crippen molar-refractivity contribution in [1.29, 1.82) is 0 Å². The van der Waals surface area contributed by atoms with Crippen molar-refractivity contribution in [3.63, 3.8) is 0 Å². The molecule has 2 N–H and O–H groups in total. The number of carbonyl (C=O) groups is 1. The van der Waals surface area contributed by atoms with Crippen molar-refractivity contribution in [2.24, 2.45) is 5.92 Å². The van der Waals surface area contributed by atoms with Crippen LogP contribution in [-0.4, -0.2) is 56.0 Å². The van der Waals surface area contributed by atoms with E-state index in [9.17, 15) is 13.2 Å². The molecule has 1 aliphatic carbocycles. The molecule has 0 atom stereocenters. The van der Waals surface area contributed by atoms with E-state index in [1.54, 1.807) is 11.4 Å². The molecule has 1 aliphatic heterocycles. The Labute approximate surface area is 162 Å². The molecule has 2 heterocycles. The molecule has 2 aliphatic rings. The number of hydrogen-bond donors (Lipinski definition) is 2. The summed E-state index contributed by atoms with van der Waals surface area (Å²) in [6.45, 7) is 3.72. The molecule has 1 amide bonds. The van der Waals surface area contributed by atoms with Gasteiger partial charge in [-0.3, -0.25) is 4.79 Å². The average Bonchev–Trinajstić information content (AvgIpc) is 3.49. The number of fused-ring (bicyclic) bond motifs is 1. The van der Waals surface area contributed by atoms with Crippen molar-refractivity contribution in [2.45, 2.75) is 45.4 Å². The van der Waals surface area contributed by atoms with Crippen LogP contribution in [0.15, 0.2) is 6.07 Å². The molecule has 0 unspecified atom stereocenters. The second-order valence-corrected chi connectivity index (χ2v) is 9.55. The summed E-state index contributed by atoms with van der Waals surface area (Å²) in [5.41, 5.74) is 2.41. The molecule has 27 heavy (non-hydrogen) atoms. The molecular formula is C19H30N4O3S. The van der Waals surface area contributed by atoms with Crippen molar-refractivity contribution in [3.8, 4) is 0 Å². The highest BCUT2D eigenvalue weighted by atomic mass is 32.2. The van der Waals surface area contributed by atoms with E-state index < -0.39 is 10.0 Å². The molecule has 150 valence electrons. The molecule has 8 heteroatoms. The van der Waals surface area contributed by atoms with Gasteiger partial charge in [0.1, 0.15) is 5.82 Å². The van der Waals surface area contributed by atoms with Gasteiger partial charge in [-0.1, -0.05) is 13.3 Å². The van der Waals surface area contributed by atoms with Gasteiger partial charge in [-0.15, -0.1) is 0 Å². The van der Waals surface area contributed by atoms with Gasteiger partial charge in [0.05, 0.1) is 11.3 Å². The first kappa shape index (κ1) is 20.1. The Morgan fingerprint density at radius 2 is 2.04 bits per heavy atom. The maximum atomic E-state index is 12.6. The number of rotatable bonds is 8. The number of nitrogens with zero attached hydrogens (tertiary/aromatic N) is 2. The van der Waals surface area contributed by atoms with Crippen LogP contribution in [0.5, 0.6) is 0 Å². The summed E-state index contributed by atoms with van der Waals surface area (Å²) in [6.07, 6.45) is 5.14. The number of anilines is 1. The van der Waals surface area contributed by atoms with Gasteiger partial charge in [-0.2, -0.15) is 0 Å².